The summed E-state index contributed by atoms with van der Waals surface area (Å²) in [6.07, 6.45) is 2.73. The van der Waals surface area contributed by atoms with Crippen molar-refractivity contribution in [1.82, 2.24) is 15.5 Å². The van der Waals surface area contributed by atoms with E-state index < -0.39 is 5.54 Å². The van der Waals surface area contributed by atoms with Gasteiger partial charge < -0.3 is 15.5 Å². The number of nitrogens with one attached hydrogen (secondary N) is 2. The summed E-state index contributed by atoms with van der Waals surface area (Å²) in [7, 11) is 0. The lowest BCUT2D eigenvalue weighted by atomic mass is 9.92. The van der Waals surface area contributed by atoms with E-state index in [1.165, 1.54) is 0 Å². The zero-order chi connectivity index (χ0) is 11.6. The van der Waals surface area contributed by atoms with Crippen molar-refractivity contribution in [2.75, 3.05) is 26.2 Å². The molecule has 0 aromatic heterocycles. The van der Waals surface area contributed by atoms with Crippen LogP contribution in [-0.2, 0) is 9.59 Å². The maximum atomic E-state index is 12.4. The molecule has 17 heavy (non-hydrogen) atoms. The largest absolute Gasteiger partial charge is 0.353 e. The first-order chi connectivity index (χ1) is 7.68. The van der Waals surface area contributed by atoms with Gasteiger partial charge in [-0.25, -0.2) is 0 Å². The van der Waals surface area contributed by atoms with Gasteiger partial charge in [0.1, 0.15) is 0 Å². The van der Waals surface area contributed by atoms with Gasteiger partial charge >= 0.3 is 0 Å². The van der Waals surface area contributed by atoms with E-state index in [4.69, 9.17) is 0 Å². The van der Waals surface area contributed by atoms with E-state index in [2.05, 4.69) is 10.6 Å². The van der Waals surface area contributed by atoms with Crippen LogP contribution in [0.3, 0.4) is 0 Å². The van der Waals surface area contributed by atoms with Gasteiger partial charge in [-0.1, -0.05) is 6.92 Å². The van der Waals surface area contributed by atoms with Gasteiger partial charge in [0.15, 0.2) is 0 Å². The molecule has 2 aliphatic rings. The second-order valence-corrected chi connectivity index (χ2v) is 4.54. The summed E-state index contributed by atoms with van der Waals surface area (Å²) in [4.78, 5) is 25.3. The van der Waals surface area contributed by atoms with Gasteiger partial charge in [-0.3, -0.25) is 9.59 Å². The molecule has 2 N–H and O–H groups in total. The first-order valence-corrected chi connectivity index (χ1v) is 5.99. The standard InChI is InChI=1S/C11H19N3O2.ClH/c1-2-11(4-3-5-13-11)10(16)14-7-6-12-9(15)8-14;/h13H,2-8H2,1H3,(H,12,15);1H. The molecule has 2 aliphatic heterocycles. The Kier molecular flexibility index (Phi) is 4.77. The third-order valence-electron chi connectivity index (χ3n) is 3.58. The molecule has 98 valence electrons. The van der Waals surface area contributed by atoms with Gasteiger partial charge in [-0.2, -0.15) is 0 Å². The predicted octanol–water partition coefficient (Wildman–Crippen LogP) is -0.101. The summed E-state index contributed by atoms with van der Waals surface area (Å²) >= 11 is 0. The Morgan fingerprint density at radius 2 is 2.24 bits per heavy atom. The van der Waals surface area contributed by atoms with Gasteiger partial charge in [-0.05, 0) is 25.8 Å². The first kappa shape index (κ1) is 14.3. The molecule has 0 bridgehead atoms. The van der Waals surface area contributed by atoms with Crippen molar-refractivity contribution in [3.05, 3.63) is 0 Å². The molecule has 5 nitrogen and oxygen atoms in total. The summed E-state index contributed by atoms with van der Waals surface area (Å²) in [6.45, 7) is 4.35. The second kappa shape index (κ2) is 5.69. The molecular weight excluding hydrogens is 242 g/mol. The van der Waals surface area contributed by atoms with E-state index in [1.54, 1.807) is 4.90 Å². The SMILES string of the molecule is CCC1(C(=O)N2CCNC(=O)C2)CCCN1.Cl. The van der Waals surface area contributed by atoms with Crippen LogP contribution >= 0.6 is 12.4 Å². The van der Waals surface area contributed by atoms with Gasteiger partial charge in [0.2, 0.25) is 11.8 Å². The first-order valence-electron chi connectivity index (χ1n) is 5.99. The Balaban J connectivity index is 0.00000144. The average molecular weight is 262 g/mol. The Hall–Kier alpha value is -0.810. The van der Waals surface area contributed by atoms with E-state index in [0.717, 1.165) is 25.8 Å². The molecule has 0 radical (unpaired) electrons. The number of carbonyl (C=O) groups is 2. The van der Waals surface area contributed by atoms with E-state index >= 15 is 0 Å². The molecule has 2 fully saturated rings. The van der Waals surface area contributed by atoms with Crippen LogP contribution < -0.4 is 10.6 Å². The highest BCUT2D eigenvalue weighted by molar-refractivity contribution is 5.91. The Morgan fingerprint density at radius 1 is 1.47 bits per heavy atom. The van der Waals surface area contributed by atoms with Crippen LogP contribution in [-0.4, -0.2) is 48.4 Å². The van der Waals surface area contributed by atoms with Gasteiger partial charge in [0.25, 0.3) is 0 Å². The second-order valence-electron chi connectivity index (χ2n) is 4.54. The Morgan fingerprint density at radius 3 is 2.76 bits per heavy atom. The van der Waals surface area contributed by atoms with Crippen LogP contribution in [0.4, 0.5) is 0 Å². The molecule has 0 aromatic carbocycles. The van der Waals surface area contributed by atoms with Crippen molar-refractivity contribution in [3.63, 3.8) is 0 Å². The third-order valence-corrected chi connectivity index (χ3v) is 3.58. The number of hydrogen-bond acceptors (Lipinski definition) is 3. The highest BCUT2D eigenvalue weighted by atomic mass is 35.5. The monoisotopic (exact) mass is 261 g/mol. The fourth-order valence-electron chi connectivity index (χ4n) is 2.56. The topological polar surface area (TPSA) is 61.4 Å². The van der Waals surface area contributed by atoms with Crippen molar-refractivity contribution in [2.45, 2.75) is 31.7 Å². The van der Waals surface area contributed by atoms with E-state index in [9.17, 15) is 9.59 Å². The predicted molar refractivity (Wildman–Crippen MR) is 67.1 cm³/mol. The number of halogens is 1. The lowest BCUT2D eigenvalue weighted by Gasteiger charge is -2.35. The molecule has 0 aliphatic carbocycles. The van der Waals surface area contributed by atoms with Crippen LogP contribution in [0.15, 0.2) is 0 Å². The van der Waals surface area contributed by atoms with Crippen LogP contribution in [0.2, 0.25) is 0 Å². The number of hydrogen-bond donors (Lipinski definition) is 2. The van der Waals surface area contributed by atoms with Crippen LogP contribution in [0.25, 0.3) is 0 Å². The normalized spacial score (nSPS) is 28.5. The van der Waals surface area contributed by atoms with E-state index in [-0.39, 0.29) is 30.8 Å². The molecule has 6 heteroatoms. The summed E-state index contributed by atoms with van der Waals surface area (Å²) in [5.74, 6) is 0.0474. The van der Waals surface area contributed by atoms with E-state index in [0.29, 0.717) is 13.1 Å². The number of carbonyl (C=O) groups excluding carboxylic acids is 2. The highest BCUT2D eigenvalue weighted by Gasteiger charge is 2.42. The van der Waals surface area contributed by atoms with Gasteiger partial charge in [0.05, 0.1) is 12.1 Å². The molecule has 1 atom stereocenters. The highest BCUT2D eigenvalue weighted by Crippen LogP contribution is 2.25. The number of rotatable bonds is 2. The van der Waals surface area contributed by atoms with Crippen molar-refractivity contribution in [1.29, 1.82) is 0 Å². The molecule has 0 spiro atoms. The maximum Gasteiger partial charge on any atom is 0.243 e. The zero-order valence-corrected chi connectivity index (χ0v) is 10.9. The van der Waals surface area contributed by atoms with Crippen molar-refractivity contribution in [3.8, 4) is 0 Å². The van der Waals surface area contributed by atoms with Crippen molar-refractivity contribution in [2.24, 2.45) is 0 Å². The molecule has 2 heterocycles. The number of nitrogens with zero attached hydrogens (tertiary/aromatic N) is 1. The van der Waals surface area contributed by atoms with Crippen LogP contribution in [0.5, 0.6) is 0 Å². The van der Waals surface area contributed by atoms with Gasteiger partial charge in [-0.15, -0.1) is 12.4 Å². The smallest absolute Gasteiger partial charge is 0.243 e. The third kappa shape index (κ3) is 2.72. The minimum absolute atomic E-state index is 0. The van der Waals surface area contributed by atoms with Crippen molar-refractivity contribution < 1.29 is 9.59 Å². The van der Waals surface area contributed by atoms with Gasteiger partial charge in [0, 0.05) is 13.1 Å². The molecule has 0 saturated carbocycles. The molecular formula is C11H20ClN3O2. The van der Waals surface area contributed by atoms with Crippen LogP contribution in [0.1, 0.15) is 26.2 Å². The summed E-state index contributed by atoms with van der Waals surface area (Å²) < 4.78 is 0. The number of piperazine rings is 1. The minimum atomic E-state index is -0.405. The molecule has 2 rings (SSSR count). The minimum Gasteiger partial charge on any atom is -0.353 e. The van der Waals surface area contributed by atoms with Crippen LogP contribution in [0, 0.1) is 0 Å². The fraction of sp³-hybridized carbons (Fsp3) is 0.818. The molecule has 2 amide bonds. The Bertz CT molecular complexity index is 303. The lowest BCUT2D eigenvalue weighted by molar-refractivity contribution is -0.143. The van der Waals surface area contributed by atoms with Crippen molar-refractivity contribution >= 4 is 24.2 Å². The van der Waals surface area contributed by atoms with E-state index in [1.807, 2.05) is 6.92 Å². The zero-order valence-electron chi connectivity index (χ0n) is 10.1. The fourth-order valence-corrected chi connectivity index (χ4v) is 2.56. The summed E-state index contributed by atoms with van der Waals surface area (Å²) in [5, 5.41) is 6.04. The summed E-state index contributed by atoms with van der Waals surface area (Å²) in [6, 6.07) is 0. The average Bonchev–Trinajstić information content (AvgIpc) is 2.78. The summed E-state index contributed by atoms with van der Waals surface area (Å²) in [5.41, 5.74) is -0.405. The maximum absolute atomic E-state index is 12.4. The Labute approximate surface area is 108 Å². The quantitative estimate of drug-likeness (QED) is 0.730. The lowest BCUT2D eigenvalue weighted by Crippen LogP contribution is -2.59. The molecule has 2 saturated heterocycles. The molecule has 0 aromatic rings. The number of amides is 2. The molecule has 1 unspecified atom stereocenters.